The minimum atomic E-state index is -0.154. The van der Waals surface area contributed by atoms with Gasteiger partial charge in [-0.25, -0.2) is 0 Å². The van der Waals surface area contributed by atoms with Gasteiger partial charge in [0, 0.05) is 36.7 Å². The number of carbonyl (C=O) groups excluding carboxylic acids is 1. The molecule has 0 aliphatic heterocycles. The molecule has 0 heterocycles. The van der Waals surface area contributed by atoms with E-state index in [2.05, 4.69) is 5.32 Å². The summed E-state index contributed by atoms with van der Waals surface area (Å²) < 4.78 is 0. The smallest absolute Gasteiger partial charge is 0.255 e. The maximum Gasteiger partial charge on any atom is 0.255 e. The molecule has 0 saturated heterocycles. The van der Waals surface area contributed by atoms with E-state index in [1.807, 2.05) is 63.2 Å². The molecule has 110 valence electrons. The Labute approximate surface area is 125 Å². The Morgan fingerprint density at radius 2 is 1.81 bits per heavy atom. The van der Waals surface area contributed by atoms with Crippen molar-refractivity contribution in [3.8, 4) is 0 Å². The monoisotopic (exact) mass is 283 g/mol. The number of aryl methyl sites for hydroxylation is 2. The summed E-state index contributed by atoms with van der Waals surface area (Å²) >= 11 is 0. The predicted octanol–water partition coefficient (Wildman–Crippen LogP) is 3.20. The van der Waals surface area contributed by atoms with Crippen LogP contribution in [-0.4, -0.2) is 20.0 Å². The fraction of sp³-hybridized carbons (Fsp3) is 0.235. The molecule has 0 fully saturated rings. The Morgan fingerprint density at radius 3 is 2.43 bits per heavy atom. The lowest BCUT2D eigenvalue weighted by molar-refractivity contribution is 0.102. The van der Waals surface area contributed by atoms with E-state index in [1.54, 1.807) is 6.07 Å². The summed E-state index contributed by atoms with van der Waals surface area (Å²) in [7, 11) is 3.96. The van der Waals surface area contributed by atoms with Crippen LogP contribution in [-0.2, 0) is 0 Å². The van der Waals surface area contributed by atoms with Crippen molar-refractivity contribution in [3.05, 3.63) is 53.1 Å². The third kappa shape index (κ3) is 3.54. The van der Waals surface area contributed by atoms with Crippen LogP contribution < -0.4 is 16.0 Å². The molecule has 2 rings (SSSR count). The summed E-state index contributed by atoms with van der Waals surface area (Å²) in [6.45, 7) is 3.96. The van der Waals surface area contributed by atoms with Crippen molar-refractivity contribution < 1.29 is 4.79 Å². The van der Waals surface area contributed by atoms with Gasteiger partial charge in [0.1, 0.15) is 0 Å². The van der Waals surface area contributed by atoms with Crippen molar-refractivity contribution in [2.24, 2.45) is 0 Å². The summed E-state index contributed by atoms with van der Waals surface area (Å²) in [4.78, 5) is 14.3. The van der Waals surface area contributed by atoms with Gasteiger partial charge in [-0.15, -0.1) is 0 Å². The Balaban J connectivity index is 2.25. The average molecular weight is 283 g/mol. The van der Waals surface area contributed by atoms with Crippen molar-refractivity contribution in [2.75, 3.05) is 30.0 Å². The van der Waals surface area contributed by atoms with Crippen LogP contribution >= 0.6 is 0 Å². The second-order valence-electron chi connectivity index (χ2n) is 5.48. The van der Waals surface area contributed by atoms with Crippen molar-refractivity contribution in [2.45, 2.75) is 13.8 Å². The molecule has 0 saturated carbocycles. The maximum atomic E-state index is 12.3. The number of nitrogen functional groups attached to an aromatic ring is 1. The van der Waals surface area contributed by atoms with E-state index in [0.29, 0.717) is 11.3 Å². The number of anilines is 3. The van der Waals surface area contributed by atoms with Gasteiger partial charge >= 0.3 is 0 Å². The Bertz CT molecular complexity index is 657. The standard InChI is InChI=1S/C17H21N3O/c1-11-7-13(9-14(18)8-11)17(21)19-15-6-5-12(2)16(10-15)20(3)4/h5-10H,18H2,1-4H3,(H,19,21). The molecule has 0 bridgehead atoms. The highest BCUT2D eigenvalue weighted by atomic mass is 16.1. The van der Waals surface area contributed by atoms with Crippen molar-refractivity contribution in [3.63, 3.8) is 0 Å². The van der Waals surface area contributed by atoms with Gasteiger partial charge in [-0.1, -0.05) is 6.07 Å². The molecule has 21 heavy (non-hydrogen) atoms. The van der Waals surface area contributed by atoms with Crippen LogP contribution in [0, 0.1) is 13.8 Å². The topological polar surface area (TPSA) is 58.4 Å². The third-order valence-corrected chi connectivity index (χ3v) is 3.31. The number of nitrogens with one attached hydrogen (secondary N) is 1. The Morgan fingerprint density at radius 1 is 1.10 bits per heavy atom. The lowest BCUT2D eigenvalue weighted by Crippen LogP contribution is -2.14. The van der Waals surface area contributed by atoms with Crippen LogP contribution in [0.3, 0.4) is 0 Å². The van der Waals surface area contributed by atoms with E-state index in [0.717, 1.165) is 22.5 Å². The molecular formula is C17H21N3O. The molecule has 0 unspecified atom stereocenters. The number of nitrogens with two attached hydrogens (primary N) is 1. The van der Waals surface area contributed by atoms with Gasteiger partial charge in [0.25, 0.3) is 5.91 Å². The first kappa shape index (κ1) is 14.9. The highest BCUT2D eigenvalue weighted by molar-refractivity contribution is 6.05. The fourth-order valence-corrected chi connectivity index (χ4v) is 2.32. The fourth-order valence-electron chi connectivity index (χ4n) is 2.32. The normalized spacial score (nSPS) is 10.3. The molecule has 3 N–H and O–H groups in total. The van der Waals surface area contributed by atoms with Crippen LogP contribution in [0.5, 0.6) is 0 Å². The van der Waals surface area contributed by atoms with Crippen LogP contribution in [0.4, 0.5) is 17.1 Å². The average Bonchev–Trinajstić information content (AvgIpc) is 2.39. The third-order valence-electron chi connectivity index (χ3n) is 3.31. The lowest BCUT2D eigenvalue weighted by Gasteiger charge is -2.17. The number of nitrogens with zero attached hydrogens (tertiary/aromatic N) is 1. The summed E-state index contributed by atoms with van der Waals surface area (Å²) in [6, 6.07) is 11.2. The summed E-state index contributed by atoms with van der Waals surface area (Å²) in [5, 5.41) is 2.91. The Hall–Kier alpha value is -2.49. The van der Waals surface area contributed by atoms with E-state index in [4.69, 9.17) is 5.73 Å². The second-order valence-corrected chi connectivity index (χ2v) is 5.48. The molecule has 4 nitrogen and oxygen atoms in total. The van der Waals surface area contributed by atoms with Gasteiger partial charge in [0.15, 0.2) is 0 Å². The number of hydrogen-bond acceptors (Lipinski definition) is 3. The molecule has 2 aromatic rings. The zero-order chi connectivity index (χ0) is 15.6. The highest BCUT2D eigenvalue weighted by Crippen LogP contribution is 2.23. The molecule has 2 aromatic carbocycles. The van der Waals surface area contributed by atoms with Crippen molar-refractivity contribution in [1.29, 1.82) is 0 Å². The molecule has 0 radical (unpaired) electrons. The van der Waals surface area contributed by atoms with E-state index in [-0.39, 0.29) is 5.91 Å². The van der Waals surface area contributed by atoms with Crippen LogP contribution in [0.2, 0.25) is 0 Å². The zero-order valence-corrected chi connectivity index (χ0v) is 12.9. The maximum absolute atomic E-state index is 12.3. The predicted molar refractivity (Wildman–Crippen MR) is 89.1 cm³/mol. The lowest BCUT2D eigenvalue weighted by atomic mass is 10.1. The first-order valence-corrected chi connectivity index (χ1v) is 6.83. The van der Waals surface area contributed by atoms with Gasteiger partial charge in [-0.2, -0.15) is 0 Å². The minimum absolute atomic E-state index is 0.154. The zero-order valence-electron chi connectivity index (χ0n) is 12.9. The molecule has 4 heteroatoms. The van der Waals surface area contributed by atoms with Crippen molar-refractivity contribution in [1.82, 2.24) is 0 Å². The number of benzene rings is 2. The van der Waals surface area contributed by atoms with Gasteiger partial charge in [0.05, 0.1) is 0 Å². The van der Waals surface area contributed by atoms with E-state index >= 15 is 0 Å². The summed E-state index contributed by atoms with van der Waals surface area (Å²) in [5.74, 6) is -0.154. The van der Waals surface area contributed by atoms with Crippen molar-refractivity contribution >= 4 is 23.0 Å². The van der Waals surface area contributed by atoms with Gasteiger partial charge in [-0.05, 0) is 55.3 Å². The molecule has 0 aromatic heterocycles. The molecule has 0 aliphatic rings. The highest BCUT2D eigenvalue weighted by Gasteiger charge is 2.09. The minimum Gasteiger partial charge on any atom is -0.399 e. The van der Waals surface area contributed by atoms with Crippen LogP contribution in [0.15, 0.2) is 36.4 Å². The Kier molecular flexibility index (Phi) is 4.17. The van der Waals surface area contributed by atoms with Gasteiger partial charge in [0.2, 0.25) is 0 Å². The molecule has 0 atom stereocenters. The second kappa shape index (κ2) is 5.87. The van der Waals surface area contributed by atoms with Crippen LogP contribution in [0.1, 0.15) is 21.5 Å². The van der Waals surface area contributed by atoms with E-state index in [1.165, 1.54) is 0 Å². The van der Waals surface area contributed by atoms with Gasteiger partial charge < -0.3 is 16.0 Å². The van der Waals surface area contributed by atoms with E-state index in [9.17, 15) is 4.79 Å². The molecule has 1 amide bonds. The number of rotatable bonds is 3. The van der Waals surface area contributed by atoms with Crippen LogP contribution in [0.25, 0.3) is 0 Å². The van der Waals surface area contributed by atoms with E-state index < -0.39 is 0 Å². The molecule has 0 aliphatic carbocycles. The van der Waals surface area contributed by atoms with Gasteiger partial charge in [-0.3, -0.25) is 4.79 Å². The number of hydrogen-bond donors (Lipinski definition) is 2. The number of carbonyl (C=O) groups is 1. The first-order valence-electron chi connectivity index (χ1n) is 6.83. The first-order chi connectivity index (χ1) is 9.86. The SMILES string of the molecule is Cc1cc(N)cc(C(=O)Nc2ccc(C)c(N(C)C)c2)c1. The molecular weight excluding hydrogens is 262 g/mol. The number of amides is 1. The summed E-state index contributed by atoms with van der Waals surface area (Å²) in [6.07, 6.45) is 0. The quantitative estimate of drug-likeness (QED) is 0.850. The summed E-state index contributed by atoms with van der Waals surface area (Å²) in [5.41, 5.74) is 10.9. The largest absolute Gasteiger partial charge is 0.399 e. The molecule has 0 spiro atoms.